The molecule has 1 fully saturated rings. The van der Waals surface area contributed by atoms with E-state index in [4.69, 9.17) is 10.0 Å². The fourth-order valence-corrected chi connectivity index (χ4v) is 4.37. The van der Waals surface area contributed by atoms with Crippen molar-refractivity contribution < 1.29 is 33.1 Å². The predicted molar refractivity (Wildman–Crippen MR) is 97.7 cm³/mol. The molecule has 9 heteroatoms. The lowest BCUT2D eigenvalue weighted by atomic mass is 9.80. The summed E-state index contributed by atoms with van der Waals surface area (Å²) in [7, 11) is -1.42. The Bertz CT molecular complexity index is 721. The first-order valence-corrected chi connectivity index (χ1v) is 9.66. The van der Waals surface area contributed by atoms with Gasteiger partial charge in [0.2, 0.25) is 0 Å². The van der Waals surface area contributed by atoms with Gasteiger partial charge >= 0.3 is 13.1 Å². The highest BCUT2D eigenvalue weighted by Crippen LogP contribution is 2.42. The number of piperidine rings is 1. The summed E-state index contributed by atoms with van der Waals surface area (Å²) in [6.45, 7) is 0.541. The monoisotopic (exact) mass is 399 g/mol. The lowest BCUT2D eigenvalue weighted by Gasteiger charge is -2.31. The maximum atomic E-state index is 14.6. The molecule has 0 bridgehead atoms. The molecule has 1 aromatic rings. The maximum absolute atomic E-state index is 14.6. The lowest BCUT2D eigenvalue weighted by molar-refractivity contribution is -0.140. The Balaban J connectivity index is 1.74. The van der Waals surface area contributed by atoms with Crippen molar-refractivity contribution in [3.8, 4) is 0 Å². The van der Waals surface area contributed by atoms with E-state index in [0.29, 0.717) is 36.0 Å². The van der Waals surface area contributed by atoms with Gasteiger partial charge in [-0.2, -0.15) is 0 Å². The molecule has 2 aliphatic rings. The van der Waals surface area contributed by atoms with Gasteiger partial charge in [0.15, 0.2) is 0 Å². The van der Waals surface area contributed by atoms with E-state index in [1.54, 1.807) is 11.0 Å². The van der Waals surface area contributed by atoms with E-state index in [9.17, 15) is 23.1 Å². The van der Waals surface area contributed by atoms with Crippen LogP contribution < -0.4 is 0 Å². The summed E-state index contributed by atoms with van der Waals surface area (Å²) in [6, 6.07) is 2.96. The van der Waals surface area contributed by atoms with Gasteiger partial charge in [0.05, 0.1) is 5.92 Å². The van der Waals surface area contributed by atoms with E-state index in [1.807, 2.05) is 0 Å². The number of hydrogen-bond donors (Lipinski definition) is 3. The van der Waals surface area contributed by atoms with Crippen molar-refractivity contribution in [3.05, 3.63) is 34.6 Å². The van der Waals surface area contributed by atoms with Crippen LogP contribution in [0.15, 0.2) is 12.1 Å². The number of alkyl halides is 2. The lowest BCUT2D eigenvalue weighted by Crippen LogP contribution is -2.39. The summed E-state index contributed by atoms with van der Waals surface area (Å²) in [4.78, 5) is 13.6. The SMILES string of the molecule is O=C(O)[C@@H]1c2cc(CN3CCC(F)(F)CC3)c(F)cc2C[C@@H]1CCCB(O)O. The quantitative estimate of drug-likeness (QED) is 0.615. The molecule has 0 radical (unpaired) electrons. The fourth-order valence-electron chi connectivity index (χ4n) is 4.37. The fraction of sp³-hybridized carbons (Fsp3) is 0.632. The number of fused-ring (bicyclic) bond motifs is 1. The third-order valence-electron chi connectivity index (χ3n) is 5.88. The van der Waals surface area contributed by atoms with Crippen LogP contribution >= 0.6 is 0 Å². The molecular formula is C19H25BF3NO4. The Morgan fingerprint density at radius 2 is 1.93 bits per heavy atom. The van der Waals surface area contributed by atoms with Gasteiger partial charge in [0.1, 0.15) is 5.82 Å². The molecule has 5 nitrogen and oxygen atoms in total. The zero-order valence-electron chi connectivity index (χ0n) is 15.6. The molecule has 0 unspecified atom stereocenters. The summed E-state index contributed by atoms with van der Waals surface area (Å²) >= 11 is 0. The van der Waals surface area contributed by atoms with Crippen molar-refractivity contribution >= 4 is 13.1 Å². The van der Waals surface area contributed by atoms with E-state index in [-0.39, 0.29) is 44.7 Å². The second kappa shape index (κ2) is 8.43. The number of halogens is 3. The summed E-state index contributed by atoms with van der Waals surface area (Å²) in [5, 5.41) is 27.6. The molecule has 1 aliphatic carbocycles. The predicted octanol–water partition coefficient (Wildman–Crippen LogP) is 2.65. The van der Waals surface area contributed by atoms with E-state index in [1.165, 1.54) is 6.07 Å². The highest BCUT2D eigenvalue weighted by molar-refractivity contribution is 6.40. The van der Waals surface area contributed by atoms with Gasteiger partial charge in [0, 0.05) is 38.0 Å². The number of aliphatic carboxylic acids is 1. The molecule has 0 spiro atoms. The van der Waals surface area contributed by atoms with Crippen molar-refractivity contribution in [1.82, 2.24) is 4.90 Å². The molecule has 1 saturated heterocycles. The van der Waals surface area contributed by atoms with Crippen molar-refractivity contribution in [2.24, 2.45) is 5.92 Å². The zero-order chi connectivity index (χ0) is 20.5. The second-order valence-electron chi connectivity index (χ2n) is 7.97. The molecule has 0 saturated carbocycles. The highest BCUT2D eigenvalue weighted by atomic mass is 19.3. The van der Waals surface area contributed by atoms with Gasteiger partial charge in [-0.05, 0) is 42.3 Å². The third-order valence-corrected chi connectivity index (χ3v) is 5.88. The summed E-state index contributed by atoms with van der Waals surface area (Å²) in [5.74, 6) is -5.09. The number of rotatable bonds is 7. The van der Waals surface area contributed by atoms with E-state index in [2.05, 4.69) is 0 Å². The van der Waals surface area contributed by atoms with Gasteiger partial charge in [0.25, 0.3) is 5.92 Å². The van der Waals surface area contributed by atoms with Gasteiger partial charge in [-0.15, -0.1) is 0 Å². The van der Waals surface area contributed by atoms with Crippen molar-refractivity contribution in [1.29, 1.82) is 0 Å². The summed E-state index contributed by atoms with van der Waals surface area (Å²) in [6.07, 6.45) is 1.06. The van der Waals surface area contributed by atoms with Crippen molar-refractivity contribution in [3.63, 3.8) is 0 Å². The van der Waals surface area contributed by atoms with E-state index >= 15 is 0 Å². The number of carboxylic acid groups (broad SMARTS) is 1. The first-order valence-electron chi connectivity index (χ1n) is 9.66. The standard InChI is InChI=1S/C19H25BF3NO4/c21-16-10-13-8-12(2-1-5-20(27)28)17(18(25)26)15(13)9-14(16)11-24-6-3-19(22,23)4-7-24/h9-10,12,17,27-28H,1-8,11H2,(H,25,26)/t12-,17-/m0/s1. The third kappa shape index (κ3) is 4.88. The van der Waals surface area contributed by atoms with Crippen LogP contribution in [0, 0.1) is 11.7 Å². The molecule has 2 atom stereocenters. The Hall–Kier alpha value is -1.58. The van der Waals surface area contributed by atoms with Gasteiger partial charge in [-0.25, -0.2) is 13.2 Å². The number of likely N-dealkylation sites (tertiary alicyclic amines) is 1. The average Bonchev–Trinajstić information content (AvgIpc) is 2.93. The van der Waals surface area contributed by atoms with Crippen LogP contribution in [0.5, 0.6) is 0 Å². The Kier molecular flexibility index (Phi) is 6.36. The largest absolute Gasteiger partial charge is 0.481 e. The molecule has 0 amide bonds. The molecule has 3 N–H and O–H groups in total. The molecule has 0 aromatic heterocycles. The van der Waals surface area contributed by atoms with Crippen LogP contribution in [0.25, 0.3) is 0 Å². The smallest absolute Gasteiger partial charge is 0.451 e. The van der Waals surface area contributed by atoms with Gasteiger partial charge in [-0.3, -0.25) is 9.69 Å². The van der Waals surface area contributed by atoms with E-state index in [0.717, 1.165) is 0 Å². The Morgan fingerprint density at radius 3 is 2.54 bits per heavy atom. The minimum Gasteiger partial charge on any atom is -0.481 e. The van der Waals surface area contributed by atoms with Crippen LogP contribution in [0.1, 0.15) is 48.3 Å². The first kappa shape index (κ1) is 21.1. The number of nitrogens with zero attached hydrogens (tertiary/aromatic N) is 1. The molecule has 154 valence electrons. The van der Waals surface area contributed by atoms with Crippen LogP contribution in [-0.2, 0) is 17.8 Å². The topological polar surface area (TPSA) is 81.0 Å². The Labute approximate surface area is 162 Å². The Morgan fingerprint density at radius 1 is 1.25 bits per heavy atom. The average molecular weight is 399 g/mol. The van der Waals surface area contributed by atoms with Crippen LogP contribution in [0.2, 0.25) is 6.32 Å². The van der Waals surface area contributed by atoms with Crippen LogP contribution in [0.3, 0.4) is 0 Å². The summed E-state index contributed by atoms with van der Waals surface area (Å²) in [5.41, 5.74) is 1.58. The maximum Gasteiger partial charge on any atom is 0.451 e. The van der Waals surface area contributed by atoms with Gasteiger partial charge in [-0.1, -0.05) is 12.5 Å². The molecule has 1 aromatic carbocycles. The molecule has 1 heterocycles. The van der Waals surface area contributed by atoms with Crippen molar-refractivity contribution in [2.45, 2.75) is 56.8 Å². The second-order valence-corrected chi connectivity index (χ2v) is 7.97. The molecular weight excluding hydrogens is 374 g/mol. The minimum absolute atomic E-state index is 0.165. The highest BCUT2D eigenvalue weighted by Gasteiger charge is 2.39. The zero-order valence-corrected chi connectivity index (χ0v) is 15.6. The number of benzene rings is 1. The summed E-state index contributed by atoms with van der Waals surface area (Å²) < 4.78 is 41.2. The molecule has 3 rings (SSSR count). The van der Waals surface area contributed by atoms with Crippen LogP contribution in [-0.4, -0.2) is 52.2 Å². The van der Waals surface area contributed by atoms with Gasteiger partial charge < -0.3 is 15.2 Å². The van der Waals surface area contributed by atoms with Crippen molar-refractivity contribution in [2.75, 3.05) is 13.1 Å². The molecule has 28 heavy (non-hydrogen) atoms. The number of carboxylic acids is 1. The first-order chi connectivity index (χ1) is 13.2. The normalized spacial score (nSPS) is 24.2. The van der Waals surface area contributed by atoms with Crippen LogP contribution in [0.4, 0.5) is 13.2 Å². The van der Waals surface area contributed by atoms with E-state index < -0.39 is 30.7 Å². The minimum atomic E-state index is -2.67. The molecule has 1 aliphatic heterocycles. The number of carbonyl (C=O) groups is 1. The number of hydrogen-bond acceptors (Lipinski definition) is 4.